The number of nitrogens with zero attached hydrogens (tertiary/aromatic N) is 3. The van der Waals surface area contributed by atoms with Gasteiger partial charge in [-0.05, 0) is 104 Å². The third kappa shape index (κ3) is 5.41. The standard InChI is InChI=1S/C42H67N5O5/c1-24(2)26(5)37(6)17-18-39(8)28-13-14-31-38(7)20-51-22-42(31,29(28)15-16-40(39,9)32(37)36(49)50)19-30(33(38)52-21-41(10,43)25(3)4)47-34(44-23-45-47)35(48)46-27-11-12-27/h15,23-28,30-33H,11-14,16-22,43H2,1-10H3,(H,46,48)(H,49,50)/t26-,28+,30-,31+,32-,33+,37-,38-,39-,40+,41+,42+/m1/s1. The number of nitrogens with one attached hydrogen (secondary N) is 1. The number of rotatable bonds is 10. The zero-order chi connectivity index (χ0) is 37.8. The van der Waals surface area contributed by atoms with Crippen molar-refractivity contribution in [2.45, 2.75) is 144 Å². The van der Waals surface area contributed by atoms with E-state index in [4.69, 9.17) is 20.3 Å². The number of aliphatic carboxylic acids is 1. The molecule has 1 saturated heterocycles. The Labute approximate surface area is 311 Å². The molecule has 1 aliphatic heterocycles. The van der Waals surface area contributed by atoms with E-state index < -0.39 is 22.8 Å². The number of carboxylic acids is 1. The molecule has 12 atom stereocenters. The van der Waals surface area contributed by atoms with Crippen LogP contribution in [0.25, 0.3) is 0 Å². The Balaban J connectivity index is 1.33. The highest BCUT2D eigenvalue weighted by Crippen LogP contribution is 2.75. The topological polar surface area (TPSA) is 142 Å². The van der Waals surface area contributed by atoms with Crippen molar-refractivity contribution in [2.24, 2.45) is 68.3 Å². The molecule has 0 aromatic carbocycles. The predicted molar refractivity (Wildman–Crippen MR) is 200 cm³/mol. The number of carboxylic acid groups (broad SMARTS) is 1. The van der Waals surface area contributed by atoms with Crippen LogP contribution in [0.2, 0.25) is 0 Å². The van der Waals surface area contributed by atoms with Crippen LogP contribution in [0.5, 0.6) is 0 Å². The number of hydrogen-bond donors (Lipinski definition) is 3. The highest BCUT2D eigenvalue weighted by atomic mass is 16.5. The second kappa shape index (κ2) is 12.6. The first-order valence-corrected chi connectivity index (χ1v) is 20.4. The number of fused-ring (bicyclic) bond motifs is 3. The molecule has 1 amide bonds. The molecule has 10 heteroatoms. The van der Waals surface area contributed by atoms with Crippen LogP contribution in [-0.4, -0.2) is 69.3 Å². The third-order valence-electron chi connectivity index (χ3n) is 17.0. The molecule has 6 aliphatic rings. The second-order valence-corrected chi connectivity index (χ2v) is 20.3. The highest BCUT2D eigenvalue weighted by Gasteiger charge is 2.72. The van der Waals surface area contributed by atoms with Crippen molar-refractivity contribution >= 4 is 11.9 Å². The quantitative estimate of drug-likeness (QED) is 0.218. The number of hydrogen-bond acceptors (Lipinski definition) is 7. The molecule has 2 bridgehead atoms. The highest BCUT2D eigenvalue weighted by molar-refractivity contribution is 5.91. The van der Waals surface area contributed by atoms with E-state index in [-0.39, 0.29) is 57.6 Å². The molecule has 7 rings (SSSR count). The molecule has 290 valence electrons. The van der Waals surface area contributed by atoms with Gasteiger partial charge in [-0.15, -0.1) is 0 Å². The van der Waals surface area contributed by atoms with Crippen LogP contribution < -0.4 is 11.1 Å². The van der Waals surface area contributed by atoms with Gasteiger partial charge in [-0.2, -0.15) is 5.10 Å². The molecule has 1 aromatic rings. The lowest BCUT2D eigenvalue weighted by Crippen LogP contribution is -2.69. The summed E-state index contributed by atoms with van der Waals surface area (Å²) in [6.45, 7) is 24.0. The molecule has 5 fully saturated rings. The molecule has 4 saturated carbocycles. The van der Waals surface area contributed by atoms with E-state index in [1.807, 2.05) is 4.68 Å². The summed E-state index contributed by atoms with van der Waals surface area (Å²) in [4.78, 5) is 31.7. The van der Waals surface area contributed by atoms with Crippen LogP contribution in [0.4, 0.5) is 0 Å². The van der Waals surface area contributed by atoms with Gasteiger partial charge < -0.3 is 25.6 Å². The summed E-state index contributed by atoms with van der Waals surface area (Å²) in [6.07, 6.45) is 11.1. The van der Waals surface area contributed by atoms with Gasteiger partial charge in [0.15, 0.2) is 0 Å². The number of aromatic nitrogens is 3. The zero-order valence-electron chi connectivity index (χ0n) is 33.6. The van der Waals surface area contributed by atoms with Crippen molar-refractivity contribution in [3.8, 4) is 0 Å². The first kappa shape index (κ1) is 38.0. The number of amides is 1. The molecule has 0 radical (unpaired) electrons. The summed E-state index contributed by atoms with van der Waals surface area (Å²) in [5.41, 5.74) is 6.21. The molecule has 0 spiro atoms. The summed E-state index contributed by atoms with van der Waals surface area (Å²) in [7, 11) is 0. The molecule has 0 unspecified atom stereocenters. The molecule has 5 aliphatic carbocycles. The fourth-order valence-electron chi connectivity index (χ4n) is 12.7. The summed E-state index contributed by atoms with van der Waals surface area (Å²) in [5, 5.41) is 19.0. The molecule has 52 heavy (non-hydrogen) atoms. The fraction of sp³-hybridized carbons (Fsp3) is 0.857. The molecular formula is C42H67N5O5. The lowest BCUT2D eigenvalue weighted by molar-refractivity contribution is -0.252. The maximum atomic E-state index is 13.7. The fourth-order valence-corrected chi connectivity index (χ4v) is 12.7. The maximum absolute atomic E-state index is 13.7. The van der Waals surface area contributed by atoms with E-state index in [9.17, 15) is 14.7 Å². The SMILES string of the molecule is CC(C)[C@@H](C)[C@@]1(C)CC[C@]2(C)[C@H]3CC[C@@H]4[C@@]5(COC[C@@]4(C)[C@@H](OC[C@](C)(N)C(C)C)[C@H](n4ncnc4C(=O)NC4CC4)C5)C3=CC[C@@]2(C)[C@@H]1C(=O)O. The van der Waals surface area contributed by atoms with Crippen LogP contribution in [0.3, 0.4) is 0 Å². The van der Waals surface area contributed by atoms with Gasteiger partial charge in [-0.1, -0.05) is 74.0 Å². The minimum Gasteiger partial charge on any atom is -0.481 e. The Morgan fingerprint density at radius 1 is 1.08 bits per heavy atom. The first-order chi connectivity index (χ1) is 24.3. The van der Waals surface area contributed by atoms with Crippen LogP contribution in [-0.2, 0) is 14.3 Å². The zero-order valence-corrected chi connectivity index (χ0v) is 33.6. The molecule has 2 heterocycles. The lowest BCUT2D eigenvalue weighted by atomic mass is 9.34. The van der Waals surface area contributed by atoms with Crippen LogP contribution >= 0.6 is 0 Å². The van der Waals surface area contributed by atoms with E-state index in [2.05, 4.69) is 85.6 Å². The lowest BCUT2D eigenvalue weighted by Gasteiger charge is -2.71. The van der Waals surface area contributed by atoms with E-state index in [1.165, 1.54) is 11.9 Å². The van der Waals surface area contributed by atoms with Crippen molar-refractivity contribution in [1.29, 1.82) is 0 Å². The summed E-state index contributed by atoms with van der Waals surface area (Å²) in [5.74, 6) is 0.515. The van der Waals surface area contributed by atoms with Crippen molar-refractivity contribution < 1.29 is 24.2 Å². The van der Waals surface area contributed by atoms with Crippen molar-refractivity contribution in [2.75, 3.05) is 19.8 Å². The average Bonchev–Trinajstić information content (AvgIpc) is 3.74. The van der Waals surface area contributed by atoms with Gasteiger partial charge in [0.25, 0.3) is 5.91 Å². The van der Waals surface area contributed by atoms with Crippen molar-refractivity contribution in [1.82, 2.24) is 20.1 Å². The molecule has 1 aromatic heterocycles. The number of allylic oxidation sites excluding steroid dienone is 1. The van der Waals surface area contributed by atoms with Gasteiger partial charge in [0.1, 0.15) is 6.33 Å². The summed E-state index contributed by atoms with van der Waals surface area (Å²) < 4.78 is 15.7. The largest absolute Gasteiger partial charge is 0.481 e. The summed E-state index contributed by atoms with van der Waals surface area (Å²) in [6, 6.07) is -0.0602. The van der Waals surface area contributed by atoms with E-state index in [1.54, 1.807) is 0 Å². The smallest absolute Gasteiger partial charge is 0.307 e. The van der Waals surface area contributed by atoms with Crippen LogP contribution in [0, 0.1) is 62.6 Å². The van der Waals surface area contributed by atoms with Gasteiger partial charge in [0.05, 0.1) is 37.9 Å². The number of ether oxygens (including phenoxy) is 2. The monoisotopic (exact) mass is 722 g/mol. The average molecular weight is 722 g/mol. The number of carbonyl (C=O) groups excluding carboxylic acids is 1. The minimum absolute atomic E-state index is 0.182. The maximum Gasteiger partial charge on any atom is 0.307 e. The molecule has 10 nitrogen and oxygen atoms in total. The Morgan fingerprint density at radius 3 is 2.42 bits per heavy atom. The van der Waals surface area contributed by atoms with Gasteiger partial charge in [0, 0.05) is 22.4 Å². The predicted octanol–water partition coefficient (Wildman–Crippen LogP) is 7.06. The van der Waals surface area contributed by atoms with Crippen LogP contribution in [0.15, 0.2) is 18.0 Å². The van der Waals surface area contributed by atoms with E-state index in [0.717, 1.165) is 44.9 Å². The Hall–Kier alpha value is -2.30. The summed E-state index contributed by atoms with van der Waals surface area (Å²) >= 11 is 0. The van der Waals surface area contributed by atoms with Crippen molar-refractivity contribution in [3.63, 3.8) is 0 Å². The van der Waals surface area contributed by atoms with Gasteiger partial charge >= 0.3 is 5.97 Å². The van der Waals surface area contributed by atoms with Gasteiger partial charge in [-0.25, -0.2) is 9.67 Å². The van der Waals surface area contributed by atoms with Gasteiger partial charge in [0.2, 0.25) is 5.82 Å². The Bertz CT molecular complexity index is 1600. The minimum atomic E-state index is -0.644. The number of nitrogens with two attached hydrogens (primary N) is 1. The van der Waals surface area contributed by atoms with E-state index in [0.29, 0.717) is 49.8 Å². The first-order valence-electron chi connectivity index (χ1n) is 20.4. The number of carbonyl (C=O) groups is 2. The third-order valence-corrected chi connectivity index (χ3v) is 17.0. The van der Waals surface area contributed by atoms with Crippen LogP contribution in [0.1, 0.15) is 137 Å². The van der Waals surface area contributed by atoms with Gasteiger partial charge in [-0.3, -0.25) is 9.59 Å². The Kier molecular flexibility index (Phi) is 9.22. The normalized spacial score (nSPS) is 43.1. The van der Waals surface area contributed by atoms with Crippen molar-refractivity contribution in [3.05, 3.63) is 23.8 Å². The Morgan fingerprint density at radius 2 is 1.79 bits per heavy atom. The second-order valence-electron chi connectivity index (χ2n) is 20.3. The molecule has 4 N–H and O–H groups in total. The van der Waals surface area contributed by atoms with E-state index >= 15 is 0 Å². The molecular weight excluding hydrogens is 654 g/mol.